The van der Waals surface area contributed by atoms with Crippen LogP contribution in [0.3, 0.4) is 0 Å². The van der Waals surface area contributed by atoms with E-state index in [9.17, 15) is 4.79 Å². The number of carbonyl (C=O) groups excluding carboxylic acids is 1. The lowest BCUT2D eigenvalue weighted by molar-refractivity contribution is 0.0600. The summed E-state index contributed by atoms with van der Waals surface area (Å²) in [4.78, 5) is 11.2. The van der Waals surface area contributed by atoms with Gasteiger partial charge in [-0.3, -0.25) is 0 Å². The minimum absolute atomic E-state index is 0. The number of hydrogen-bond donors (Lipinski definition) is 1. The second-order valence-corrected chi connectivity index (χ2v) is 3.56. The standard InChI is InChI=1S/C12H17NO2.ClH/c1-3-11(13)8-9-4-6-10(7-5-9)12(14)15-2;/h4-7,11H,3,8,13H2,1-2H3;1H. The molecule has 0 aromatic heterocycles. The largest absolute Gasteiger partial charge is 0.465 e. The lowest BCUT2D eigenvalue weighted by atomic mass is 10.0. The van der Waals surface area contributed by atoms with Crippen LogP contribution in [0.4, 0.5) is 0 Å². The maximum absolute atomic E-state index is 11.2. The van der Waals surface area contributed by atoms with Crippen molar-refractivity contribution in [1.82, 2.24) is 0 Å². The van der Waals surface area contributed by atoms with Crippen LogP contribution >= 0.6 is 12.4 Å². The fourth-order valence-corrected chi connectivity index (χ4v) is 1.34. The number of benzene rings is 1. The summed E-state index contributed by atoms with van der Waals surface area (Å²) >= 11 is 0. The zero-order chi connectivity index (χ0) is 11.3. The average molecular weight is 244 g/mol. The molecule has 1 rings (SSSR count). The van der Waals surface area contributed by atoms with Gasteiger partial charge in [0.15, 0.2) is 0 Å². The molecule has 0 fully saturated rings. The van der Waals surface area contributed by atoms with Crippen LogP contribution in [0.1, 0.15) is 29.3 Å². The van der Waals surface area contributed by atoms with Gasteiger partial charge in [0.1, 0.15) is 0 Å². The fourth-order valence-electron chi connectivity index (χ4n) is 1.34. The van der Waals surface area contributed by atoms with Crippen LogP contribution in [0.15, 0.2) is 24.3 Å². The Hall–Kier alpha value is -1.06. The van der Waals surface area contributed by atoms with Gasteiger partial charge in [0.2, 0.25) is 0 Å². The lowest BCUT2D eigenvalue weighted by Crippen LogP contribution is -2.21. The molecular weight excluding hydrogens is 226 g/mol. The van der Waals surface area contributed by atoms with Crippen molar-refractivity contribution in [3.63, 3.8) is 0 Å². The van der Waals surface area contributed by atoms with Crippen molar-refractivity contribution in [1.29, 1.82) is 0 Å². The molecule has 1 aromatic carbocycles. The number of halogens is 1. The SMILES string of the molecule is CCC(N)Cc1ccc(C(=O)OC)cc1.Cl. The zero-order valence-electron chi connectivity index (χ0n) is 9.60. The third-order valence-electron chi connectivity index (χ3n) is 2.40. The summed E-state index contributed by atoms with van der Waals surface area (Å²) < 4.78 is 4.61. The summed E-state index contributed by atoms with van der Waals surface area (Å²) in [6.45, 7) is 2.06. The third kappa shape index (κ3) is 4.21. The number of carbonyl (C=O) groups is 1. The van der Waals surface area contributed by atoms with Gasteiger partial charge in [-0.05, 0) is 30.5 Å². The van der Waals surface area contributed by atoms with Crippen LogP contribution in [0.2, 0.25) is 0 Å². The first-order valence-electron chi connectivity index (χ1n) is 5.10. The first-order valence-corrected chi connectivity index (χ1v) is 5.10. The highest BCUT2D eigenvalue weighted by Crippen LogP contribution is 2.08. The average Bonchev–Trinajstić information content (AvgIpc) is 2.29. The van der Waals surface area contributed by atoms with E-state index in [1.165, 1.54) is 7.11 Å². The molecule has 1 atom stereocenters. The van der Waals surface area contributed by atoms with Crippen molar-refractivity contribution in [2.75, 3.05) is 7.11 Å². The Balaban J connectivity index is 0.00000225. The third-order valence-corrected chi connectivity index (χ3v) is 2.40. The first-order chi connectivity index (χ1) is 7.17. The Labute approximate surface area is 102 Å². The summed E-state index contributed by atoms with van der Waals surface area (Å²) in [6.07, 6.45) is 1.80. The predicted octanol–water partition coefficient (Wildman–Crippen LogP) is 2.17. The van der Waals surface area contributed by atoms with Gasteiger partial charge in [0.05, 0.1) is 12.7 Å². The Morgan fingerprint density at radius 1 is 1.38 bits per heavy atom. The smallest absolute Gasteiger partial charge is 0.337 e. The predicted molar refractivity (Wildman–Crippen MR) is 67.0 cm³/mol. The molecule has 16 heavy (non-hydrogen) atoms. The van der Waals surface area contributed by atoms with Crippen LogP contribution in [0.5, 0.6) is 0 Å². The highest BCUT2D eigenvalue weighted by molar-refractivity contribution is 5.89. The van der Waals surface area contributed by atoms with Gasteiger partial charge in [-0.25, -0.2) is 4.79 Å². The van der Waals surface area contributed by atoms with Gasteiger partial charge in [0, 0.05) is 6.04 Å². The van der Waals surface area contributed by atoms with Crippen LogP contribution in [0.25, 0.3) is 0 Å². The first kappa shape index (κ1) is 14.9. The number of rotatable bonds is 4. The van der Waals surface area contributed by atoms with Crippen molar-refractivity contribution in [2.24, 2.45) is 5.73 Å². The summed E-state index contributed by atoms with van der Waals surface area (Å²) in [5.41, 5.74) is 7.56. The van der Waals surface area contributed by atoms with Gasteiger partial charge in [-0.15, -0.1) is 12.4 Å². The van der Waals surface area contributed by atoms with E-state index in [4.69, 9.17) is 5.73 Å². The molecule has 0 bridgehead atoms. The van der Waals surface area contributed by atoms with Gasteiger partial charge in [0.25, 0.3) is 0 Å². The molecule has 0 spiro atoms. The van der Waals surface area contributed by atoms with Crippen LogP contribution in [-0.4, -0.2) is 19.1 Å². The van der Waals surface area contributed by atoms with E-state index in [0.29, 0.717) is 5.56 Å². The van der Waals surface area contributed by atoms with Gasteiger partial charge in [-0.1, -0.05) is 19.1 Å². The second kappa shape index (κ2) is 7.25. The number of hydrogen-bond acceptors (Lipinski definition) is 3. The van der Waals surface area contributed by atoms with Crippen molar-refractivity contribution < 1.29 is 9.53 Å². The number of nitrogens with two attached hydrogens (primary N) is 1. The molecule has 0 saturated heterocycles. The van der Waals surface area contributed by atoms with Gasteiger partial charge < -0.3 is 10.5 Å². The minimum atomic E-state index is -0.304. The van der Waals surface area contributed by atoms with Crippen LogP contribution < -0.4 is 5.73 Å². The van der Waals surface area contributed by atoms with Crippen molar-refractivity contribution in [3.8, 4) is 0 Å². The Kier molecular flexibility index (Phi) is 6.77. The number of ether oxygens (including phenoxy) is 1. The van der Waals surface area contributed by atoms with E-state index in [2.05, 4.69) is 11.7 Å². The molecule has 1 unspecified atom stereocenters. The zero-order valence-corrected chi connectivity index (χ0v) is 10.4. The normalized spacial score (nSPS) is 11.4. The summed E-state index contributed by atoms with van der Waals surface area (Å²) in [7, 11) is 1.38. The van der Waals surface area contributed by atoms with Crippen LogP contribution in [-0.2, 0) is 11.2 Å². The lowest BCUT2D eigenvalue weighted by Gasteiger charge is -2.08. The fraction of sp³-hybridized carbons (Fsp3) is 0.417. The molecule has 0 aliphatic carbocycles. The van der Waals surface area contributed by atoms with E-state index in [1.807, 2.05) is 12.1 Å². The molecule has 0 aliphatic rings. The van der Waals surface area contributed by atoms with Gasteiger partial charge >= 0.3 is 5.97 Å². The molecule has 90 valence electrons. The number of esters is 1. The van der Waals surface area contributed by atoms with Crippen molar-refractivity contribution >= 4 is 18.4 Å². The Morgan fingerprint density at radius 3 is 2.38 bits per heavy atom. The Bertz CT molecular complexity index is 324. The number of methoxy groups -OCH3 is 1. The highest BCUT2D eigenvalue weighted by Gasteiger charge is 2.05. The highest BCUT2D eigenvalue weighted by atomic mass is 35.5. The molecule has 0 amide bonds. The molecule has 0 aliphatic heterocycles. The summed E-state index contributed by atoms with van der Waals surface area (Å²) in [6, 6.07) is 7.56. The summed E-state index contributed by atoms with van der Waals surface area (Å²) in [5.74, 6) is -0.304. The molecule has 0 radical (unpaired) electrons. The maximum atomic E-state index is 11.2. The van der Waals surface area contributed by atoms with Gasteiger partial charge in [-0.2, -0.15) is 0 Å². The van der Waals surface area contributed by atoms with Crippen molar-refractivity contribution in [2.45, 2.75) is 25.8 Å². The Morgan fingerprint density at radius 2 is 1.94 bits per heavy atom. The molecule has 1 aromatic rings. The molecule has 4 heteroatoms. The molecule has 0 saturated carbocycles. The molecule has 2 N–H and O–H groups in total. The van der Waals surface area contributed by atoms with E-state index in [-0.39, 0.29) is 24.4 Å². The molecule has 0 heterocycles. The monoisotopic (exact) mass is 243 g/mol. The van der Waals surface area contributed by atoms with Crippen molar-refractivity contribution in [3.05, 3.63) is 35.4 Å². The second-order valence-electron chi connectivity index (χ2n) is 3.56. The van der Waals surface area contributed by atoms with E-state index in [0.717, 1.165) is 18.4 Å². The van der Waals surface area contributed by atoms with Crippen LogP contribution in [0, 0.1) is 0 Å². The molecule has 3 nitrogen and oxygen atoms in total. The van der Waals surface area contributed by atoms with E-state index in [1.54, 1.807) is 12.1 Å². The minimum Gasteiger partial charge on any atom is -0.465 e. The van der Waals surface area contributed by atoms with E-state index >= 15 is 0 Å². The molecular formula is C12H18ClNO2. The van der Waals surface area contributed by atoms with E-state index < -0.39 is 0 Å². The quantitative estimate of drug-likeness (QED) is 0.825. The maximum Gasteiger partial charge on any atom is 0.337 e. The summed E-state index contributed by atoms with van der Waals surface area (Å²) in [5, 5.41) is 0. The topological polar surface area (TPSA) is 52.3 Å².